The van der Waals surface area contributed by atoms with Crippen molar-refractivity contribution in [3.8, 4) is 11.8 Å². The molecule has 0 radical (unpaired) electrons. The van der Waals surface area contributed by atoms with Gasteiger partial charge in [0.1, 0.15) is 11.6 Å². The highest BCUT2D eigenvalue weighted by Crippen LogP contribution is 2.51. The Morgan fingerprint density at radius 2 is 1.73 bits per heavy atom. The van der Waals surface area contributed by atoms with Crippen molar-refractivity contribution in [1.82, 2.24) is 0 Å². The Kier molecular flexibility index (Phi) is 5.95. The van der Waals surface area contributed by atoms with Gasteiger partial charge in [0.05, 0.1) is 10.8 Å². The number of fused-ring (bicyclic) bond motifs is 3. The molecule has 1 unspecified atom stereocenters. The minimum absolute atomic E-state index is 0.282. The molecular formula is C27H18Cl2N2OS. The molecule has 0 amide bonds. The van der Waals surface area contributed by atoms with Crippen LogP contribution in [0.5, 0.6) is 5.75 Å². The monoisotopic (exact) mass is 488 g/mol. The van der Waals surface area contributed by atoms with E-state index in [2.05, 4.69) is 36.2 Å². The average molecular weight is 489 g/mol. The van der Waals surface area contributed by atoms with Gasteiger partial charge in [-0.15, -0.1) is 11.3 Å². The van der Waals surface area contributed by atoms with E-state index in [9.17, 15) is 5.26 Å². The summed E-state index contributed by atoms with van der Waals surface area (Å²) < 4.78 is 7.51. The summed E-state index contributed by atoms with van der Waals surface area (Å²) in [5.41, 5.74) is 3.57. The topological polar surface area (TPSA) is 45.4 Å². The first kappa shape index (κ1) is 21.7. The molecule has 0 spiro atoms. The van der Waals surface area contributed by atoms with E-state index in [4.69, 9.17) is 27.9 Å². The lowest BCUT2D eigenvalue weighted by Crippen LogP contribution is -2.14. The summed E-state index contributed by atoms with van der Waals surface area (Å²) in [4.78, 5) is 5.61. The van der Waals surface area contributed by atoms with Crippen molar-refractivity contribution in [2.75, 3.05) is 0 Å². The first-order valence-corrected chi connectivity index (χ1v) is 12.1. The van der Waals surface area contributed by atoms with Gasteiger partial charge in [-0.05, 0) is 53.4 Å². The summed E-state index contributed by atoms with van der Waals surface area (Å²) in [6.45, 7) is 2.14. The summed E-state index contributed by atoms with van der Waals surface area (Å²) in [7, 11) is 0. The number of nitriles is 1. The van der Waals surface area contributed by atoms with Crippen molar-refractivity contribution in [2.24, 2.45) is 4.99 Å². The fourth-order valence-corrected chi connectivity index (χ4v) is 5.72. The van der Waals surface area contributed by atoms with Crippen molar-refractivity contribution in [3.05, 3.63) is 110 Å². The average Bonchev–Trinajstić information content (AvgIpc) is 3.21. The maximum Gasteiger partial charge on any atom is 0.234 e. The number of ether oxygens (including phenoxy) is 1. The number of halogens is 2. The molecule has 0 aliphatic carbocycles. The zero-order chi connectivity index (χ0) is 22.9. The largest absolute Gasteiger partial charge is 0.436 e. The van der Waals surface area contributed by atoms with Crippen LogP contribution in [0.3, 0.4) is 0 Å². The Labute approximate surface area is 206 Å². The van der Waals surface area contributed by atoms with Crippen LogP contribution in [0.1, 0.15) is 34.4 Å². The van der Waals surface area contributed by atoms with Crippen molar-refractivity contribution in [1.29, 1.82) is 5.26 Å². The highest BCUT2D eigenvalue weighted by Gasteiger charge is 2.35. The summed E-state index contributed by atoms with van der Waals surface area (Å²) in [6.07, 6.45) is 2.61. The lowest BCUT2D eigenvalue weighted by molar-refractivity contribution is 0.403. The van der Waals surface area contributed by atoms with E-state index in [1.807, 2.05) is 36.4 Å². The maximum atomic E-state index is 10.2. The van der Waals surface area contributed by atoms with E-state index in [0.717, 1.165) is 33.6 Å². The second-order valence-electron chi connectivity index (χ2n) is 7.67. The number of aliphatic imine (C=N–C) groups is 1. The molecule has 3 aromatic carbocycles. The standard InChI is InChI=1S/C27H18Cl2N2OS/c1-2-17-4-3-5-21-24-26(33-25(17)21)23(18-8-12-20(29)13-9-18)22(14-30)27(32-24)31-15-16-6-10-19(28)11-7-16/h3-13,15,23H,2H2,1H3/b31-15+. The van der Waals surface area contributed by atoms with E-state index in [1.165, 1.54) is 10.3 Å². The molecule has 0 saturated carbocycles. The van der Waals surface area contributed by atoms with Crippen LogP contribution in [-0.2, 0) is 6.42 Å². The van der Waals surface area contributed by atoms with Gasteiger partial charge in [0.2, 0.25) is 5.88 Å². The Morgan fingerprint density at radius 1 is 1.03 bits per heavy atom. The van der Waals surface area contributed by atoms with Crippen LogP contribution in [0, 0.1) is 11.3 Å². The van der Waals surface area contributed by atoms with Crippen LogP contribution < -0.4 is 4.74 Å². The number of rotatable bonds is 4. The molecule has 1 aromatic heterocycles. The van der Waals surface area contributed by atoms with Crippen LogP contribution in [-0.4, -0.2) is 6.21 Å². The van der Waals surface area contributed by atoms with Gasteiger partial charge in [-0.25, -0.2) is 4.99 Å². The predicted octanol–water partition coefficient (Wildman–Crippen LogP) is 8.15. The van der Waals surface area contributed by atoms with E-state index >= 15 is 0 Å². The fraction of sp³-hybridized carbons (Fsp3) is 0.111. The summed E-state index contributed by atoms with van der Waals surface area (Å²) in [5, 5.41) is 12.5. The number of benzene rings is 3. The van der Waals surface area contributed by atoms with Gasteiger partial charge in [-0.1, -0.05) is 66.5 Å². The number of hydrogen-bond donors (Lipinski definition) is 0. The minimum atomic E-state index is -0.282. The molecule has 0 N–H and O–H groups in total. The molecule has 2 heterocycles. The third-order valence-electron chi connectivity index (χ3n) is 5.66. The first-order valence-electron chi connectivity index (χ1n) is 10.5. The third-order valence-corrected chi connectivity index (χ3v) is 7.49. The van der Waals surface area contributed by atoms with E-state index in [1.54, 1.807) is 29.7 Å². The molecule has 0 bridgehead atoms. The van der Waals surface area contributed by atoms with Crippen LogP contribution in [0.4, 0.5) is 0 Å². The number of aryl methyl sites for hydroxylation is 1. The van der Waals surface area contributed by atoms with Gasteiger partial charge in [-0.2, -0.15) is 5.26 Å². The fourth-order valence-electron chi connectivity index (χ4n) is 4.02. The van der Waals surface area contributed by atoms with Gasteiger partial charge < -0.3 is 4.74 Å². The van der Waals surface area contributed by atoms with Crippen LogP contribution in [0.15, 0.2) is 83.2 Å². The normalized spacial score (nSPS) is 15.5. The van der Waals surface area contributed by atoms with E-state index < -0.39 is 0 Å². The summed E-state index contributed by atoms with van der Waals surface area (Å²) >= 11 is 13.8. The Hall–Kier alpha value is -3.10. The van der Waals surface area contributed by atoms with Gasteiger partial charge in [0, 0.05) is 26.3 Å². The molecule has 0 saturated heterocycles. The molecular weight excluding hydrogens is 471 g/mol. The van der Waals surface area contributed by atoms with Crippen LogP contribution in [0.25, 0.3) is 10.1 Å². The van der Waals surface area contributed by atoms with Crippen molar-refractivity contribution in [3.63, 3.8) is 0 Å². The SMILES string of the molecule is CCc1cccc2c3c(sc12)C(c1ccc(Cl)cc1)C(C#N)=C(/N=C/c1ccc(Cl)cc1)O3. The van der Waals surface area contributed by atoms with Gasteiger partial charge in [-0.3, -0.25) is 0 Å². The number of nitrogens with zero attached hydrogens (tertiary/aromatic N) is 2. The molecule has 5 rings (SSSR count). The number of hydrogen-bond acceptors (Lipinski definition) is 4. The molecule has 33 heavy (non-hydrogen) atoms. The molecule has 0 fully saturated rings. The highest BCUT2D eigenvalue weighted by molar-refractivity contribution is 7.19. The number of thiophene rings is 1. The Morgan fingerprint density at radius 3 is 2.39 bits per heavy atom. The quantitative estimate of drug-likeness (QED) is 0.272. The zero-order valence-electron chi connectivity index (χ0n) is 17.7. The second kappa shape index (κ2) is 9.03. The van der Waals surface area contributed by atoms with Crippen molar-refractivity contribution in [2.45, 2.75) is 19.3 Å². The lowest BCUT2D eigenvalue weighted by atomic mass is 9.88. The molecule has 162 valence electrons. The Bertz CT molecular complexity index is 1440. The maximum absolute atomic E-state index is 10.2. The highest BCUT2D eigenvalue weighted by atomic mass is 35.5. The number of allylic oxidation sites excluding steroid dienone is 1. The van der Waals surface area contributed by atoms with E-state index in [0.29, 0.717) is 21.5 Å². The minimum Gasteiger partial charge on any atom is -0.436 e. The molecule has 6 heteroatoms. The Balaban J connectivity index is 1.70. The van der Waals surface area contributed by atoms with Crippen LogP contribution in [0.2, 0.25) is 10.0 Å². The van der Waals surface area contributed by atoms with Crippen molar-refractivity contribution < 1.29 is 4.74 Å². The second-order valence-corrected chi connectivity index (χ2v) is 9.59. The van der Waals surface area contributed by atoms with Gasteiger partial charge >= 0.3 is 0 Å². The molecule has 3 nitrogen and oxygen atoms in total. The lowest BCUT2D eigenvalue weighted by Gasteiger charge is -2.24. The molecule has 1 atom stereocenters. The predicted molar refractivity (Wildman–Crippen MR) is 137 cm³/mol. The molecule has 1 aliphatic rings. The molecule has 4 aromatic rings. The van der Waals surface area contributed by atoms with Gasteiger partial charge in [0.15, 0.2) is 5.75 Å². The summed E-state index contributed by atoms with van der Waals surface area (Å²) in [5.74, 6) is 0.796. The zero-order valence-corrected chi connectivity index (χ0v) is 20.0. The smallest absolute Gasteiger partial charge is 0.234 e. The first-order chi connectivity index (χ1) is 16.1. The molecule has 1 aliphatic heterocycles. The van der Waals surface area contributed by atoms with E-state index in [-0.39, 0.29) is 5.92 Å². The third kappa shape index (κ3) is 4.05. The van der Waals surface area contributed by atoms with Crippen LogP contribution >= 0.6 is 34.5 Å². The summed E-state index contributed by atoms with van der Waals surface area (Å²) in [6, 6.07) is 23.6. The van der Waals surface area contributed by atoms with Gasteiger partial charge in [0.25, 0.3) is 0 Å². The van der Waals surface area contributed by atoms with Crippen molar-refractivity contribution >= 4 is 50.8 Å².